The number of piperazine rings is 1. The number of pyridine rings is 1. The molecule has 2 aromatic rings. The van der Waals surface area contributed by atoms with Crippen LogP contribution in [0.25, 0.3) is 0 Å². The zero-order chi connectivity index (χ0) is 19.4. The molecule has 2 N–H and O–H groups in total. The first-order valence-electron chi connectivity index (χ1n) is 9.39. The fourth-order valence-corrected chi connectivity index (χ4v) is 3.05. The third-order valence-electron chi connectivity index (χ3n) is 4.52. The van der Waals surface area contributed by atoms with Crippen LogP contribution in [0.5, 0.6) is 0 Å². The summed E-state index contributed by atoms with van der Waals surface area (Å²) in [7, 11) is 2.15. The molecule has 1 aromatic heterocycles. The van der Waals surface area contributed by atoms with Crippen LogP contribution in [0.3, 0.4) is 0 Å². The number of nitrogens with one attached hydrogen (secondary N) is 2. The van der Waals surface area contributed by atoms with Crippen LogP contribution >= 0.6 is 0 Å². The lowest BCUT2D eigenvalue weighted by Gasteiger charge is -2.34. The number of hydrogen-bond donors (Lipinski definition) is 2. The average Bonchev–Trinajstić information content (AvgIpc) is 2.62. The third-order valence-corrected chi connectivity index (χ3v) is 4.52. The summed E-state index contributed by atoms with van der Waals surface area (Å²) in [6.45, 7) is 10.4. The van der Waals surface area contributed by atoms with E-state index in [4.69, 9.17) is 0 Å². The number of anilines is 3. The maximum Gasteiger partial charge on any atom is 0.255 e. The molecule has 144 valence electrons. The van der Waals surface area contributed by atoms with Gasteiger partial charge in [0.25, 0.3) is 5.91 Å². The van der Waals surface area contributed by atoms with Crippen molar-refractivity contribution in [2.24, 2.45) is 0 Å². The number of rotatable bonds is 4. The van der Waals surface area contributed by atoms with Gasteiger partial charge in [-0.1, -0.05) is 0 Å². The summed E-state index contributed by atoms with van der Waals surface area (Å²) in [5.74, 6) is 0.558. The second-order valence-corrected chi connectivity index (χ2v) is 8.10. The molecule has 6 nitrogen and oxygen atoms in total. The molecule has 1 fully saturated rings. The summed E-state index contributed by atoms with van der Waals surface area (Å²) in [5, 5.41) is 6.25. The van der Waals surface area contributed by atoms with E-state index in [2.05, 4.69) is 65.4 Å². The third kappa shape index (κ3) is 5.44. The van der Waals surface area contributed by atoms with Crippen molar-refractivity contribution in [2.45, 2.75) is 26.3 Å². The molecule has 2 heterocycles. The fraction of sp³-hybridized carbons (Fsp3) is 0.429. The summed E-state index contributed by atoms with van der Waals surface area (Å²) in [6.07, 6.45) is 1.65. The summed E-state index contributed by atoms with van der Waals surface area (Å²) in [5.41, 5.74) is 2.46. The highest BCUT2D eigenvalue weighted by atomic mass is 16.1. The summed E-state index contributed by atoms with van der Waals surface area (Å²) in [6, 6.07) is 11.6. The van der Waals surface area contributed by atoms with E-state index in [0.29, 0.717) is 11.4 Å². The second-order valence-electron chi connectivity index (χ2n) is 8.10. The quantitative estimate of drug-likeness (QED) is 0.868. The van der Waals surface area contributed by atoms with Crippen molar-refractivity contribution >= 4 is 23.1 Å². The molecule has 0 atom stereocenters. The highest BCUT2D eigenvalue weighted by Crippen LogP contribution is 2.20. The lowest BCUT2D eigenvalue weighted by Crippen LogP contribution is -2.44. The Labute approximate surface area is 161 Å². The Hall–Kier alpha value is -2.60. The first kappa shape index (κ1) is 19.2. The number of carbonyl (C=O) groups excluding carboxylic acids is 1. The lowest BCUT2D eigenvalue weighted by molar-refractivity contribution is 0.102. The maximum atomic E-state index is 12.6. The Kier molecular flexibility index (Phi) is 5.65. The molecule has 0 bridgehead atoms. The number of carbonyl (C=O) groups is 1. The van der Waals surface area contributed by atoms with E-state index >= 15 is 0 Å². The summed E-state index contributed by atoms with van der Waals surface area (Å²) >= 11 is 0. The standard InChI is InChI=1S/C21H29N5O/c1-21(2,3)24-19-15-16(9-10-22-19)20(27)23-17-5-7-18(8-6-17)26-13-11-25(4)12-14-26/h5-10,15H,11-14H2,1-4H3,(H,22,24)(H,23,27). The van der Waals surface area contributed by atoms with Gasteiger partial charge in [0.1, 0.15) is 5.82 Å². The monoisotopic (exact) mass is 367 g/mol. The Balaban J connectivity index is 1.63. The fourth-order valence-electron chi connectivity index (χ4n) is 3.05. The van der Waals surface area contributed by atoms with Crippen molar-refractivity contribution in [3.63, 3.8) is 0 Å². The molecule has 0 unspecified atom stereocenters. The molecule has 0 aliphatic carbocycles. The van der Waals surface area contributed by atoms with Gasteiger partial charge in [-0.15, -0.1) is 0 Å². The van der Waals surface area contributed by atoms with E-state index in [-0.39, 0.29) is 11.4 Å². The van der Waals surface area contributed by atoms with Crippen molar-refractivity contribution in [3.05, 3.63) is 48.2 Å². The van der Waals surface area contributed by atoms with Gasteiger partial charge in [0, 0.05) is 54.9 Å². The van der Waals surface area contributed by atoms with E-state index in [1.807, 2.05) is 12.1 Å². The van der Waals surface area contributed by atoms with Crippen LogP contribution in [0.2, 0.25) is 0 Å². The average molecular weight is 367 g/mol. The smallest absolute Gasteiger partial charge is 0.255 e. The first-order chi connectivity index (χ1) is 12.8. The SMILES string of the molecule is CN1CCN(c2ccc(NC(=O)c3ccnc(NC(C)(C)C)c3)cc2)CC1. The van der Waals surface area contributed by atoms with Gasteiger partial charge in [0.05, 0.1) is 0 Å². The molecule has 6 heteroatoms. The molecular weight excluding hydrogens is 338 g/mol. The molecular formula is C21H29N5O. The van der Waals surface area contributed by atoms with Crippen molar-refractivity contribution in [1.82, 2.24) is 9.88 Å². The van der Waals surface area contributed by atoms with Crippen LogP contribution in [-0.4, -0.2) is 54.6 Å². The number of likely N-dealkylation sites (N-methyl/N-ethyl adjacent to an activating group) is 1. The molecule has 27 heavy (non-hydrogen) atoms. The van der Waals surface area contributed by atoms with Gasteiger partial charge < -0.3 is 20.4 Å². The van der Waals surface area contributed by atoms with Crippen LogP contribution in [-0.2, 0) is 0 Å². The van der Waals surface area contributed by atoms with Gasteiger partial charge in [0.15, 0.2) is 0 Å². The van der Waals surface area contributed by atoms with Gasteiger partial charge in [-0.2, -0.15) is 0 Å². The second kappa shape index (κ2) is 7.96. The van der Waals surface area contributed by atoms with E-state index < -0.39 is 0 Å². The molecule has 1 aliphatic rings. The first-order valence-corrected chi connectivity index (χ1v) is 9.39. The van der Waals surface area contributed by atoms with Gasteiger partial charge >= 0.3 is 0 Å². The van der Waals surface area contributed by atoms with Gasteiger partial charge in [-0.25, -0.2) is 4.98 Å². The zero-order valence-corrected chi connectivity index (χ0v) is 16.6. The largest absolute Gasteiger partial charge is 0.369 e. The van der Waals surface area contributed by atoms with E-state index in [0.717, 1.165) is 31.9 Å². The highest BCUT2D eigenvalue weighted by molar-refractivity contribution is 6.04. The van der Waals surface area contributed by atoms with Crippen molar-refractivity contribution in [1.29, 1.82) is 0 Å². The Morgan fingerprint density at radius 1 is 1.04 bits per heavy atom. The molecule has 1 aliphatic heterocycles. The number of benzene rings is 1. The van der Waals surface area contributed by atoms with Crippen LogP contribution in [0.15, 0.2) is 42.6 Å². The minimum absolute atomic E-state index is 0.110. The minimum atomic E-state index is -0.137. The topological polar surface area (TPSA) is 60.5 Å². The van der Waals surface area contributed by atoms with E-state index in [1.54, 1.807) is 18.3 Å². The highest BCUT2D eigenvalue weighted by Gasteiger charge is 2.15. The predicted octanol–water partition coefficient (Wildman–Crippen LogP) is 3.30. The molecule has 0 radical (unpaired) electrons. The summed E-state index contributed by atoms with van der Waals surface area (Å²) < 4.78 is 0. The number of hydrogen-bond acceptors (Lipinski definition) is 5. The van der Waals surface area contributed by atoms with E-state index in [1.165, 1.54) is 5.69 Å². The van der Waals surface area contributed by atoms with Gasteiger partial charge in [-0.3, -0.25) is 4.79 Å². The molecule has 1 amide bonds. The predicted molar refractivity (Wildman–Crippen MR) is 112 cm³/mol. The Morgan fingerprint density at radius 3 is 2.33 bits per heavy atom. The minimum Gasteiger partial charge on any atom is -0.369 e. The van der Waals surface area contributed by atoms with Gasteiger partial charge in [0.2, 0.25) is 0 Å². The van der Waals surface area contributed by atoms with Crippen LogP contribution in [0.1, 0.15) is 31.1 Å². The Morgan fingerprint density at radius 2 is 1.70 bits per heavy atom. The van der Waals surface area contributed by atoms with Crippen LogP contribution < -0.4 is 15.5 Å². The Bertz CT molecular complexity index is 774. The normalized spacial score (nSPS) is 15.5. The molecule has 1 saturated heterocycles. The van der Waals surface area contributed by atoms with Crippen LogP contribution in [0, 0.1) is 0 Å². The zero-order valence-electron chi connectivity index (χ0n) is 16.6. The number of amides is 1. The molecule has 0 saturated carbocycles. The summed E-state index contributed by atoms with van der Waals surface area (Å²) in [4.78, 5) is 21.6. The molecule has 3 rings (SSSR count). The van der Waals surface area contributed by atoms with Crippen molar-refractivity contribution < 1.29 is 4.79 Å². The van der Waals surface area contributed by atoms with Crippen molar-refractivity contribution in [3.8, 4) is 0 Å². The number of aromatic nitrogens is 1. The van der Waals surface area contributed by atoms with Crippen molar-refractivity contribution in [2.75, 3.05) is 48.8 Å². The lowest BCUT2D eigenvalue weighted by atomic mass is 10.1. The van der Waals surface area contributed by atoms with Crippen LogP contribution in [0.4, 0.5) is 17.2 Å². The number of nitrogens with zero attached hydrogens (tertiary/aromatic N) is 3. The molecule has 0 spiro atoms. The molecule has 1 aromatic carbocycles. The van der Waals surface area contributed by atoms with E-state index in [9.17, 15) is 4.79 Å². The van der Waals surface area contributed by atoms with Gasteiger partial charge in [-0.05, 0) is 64.2 Å². The maximum absolute atomic E-state index is 12.6.